The molecule has 1 aromatic rings. The van der Waals surface area contributed by atoms with Gasteiger partial charge >= 0.3 is 16.8 Å². The number of nitrogens with zero attached hydrogens (tertiary/aromatic N) is 2. The highest BCUT2D eigenvalue weighted by atomic mass is 32.1. The molecule has 0 aliphatic rings. The van der Waals surface area contributed by atoms with E-state index in [-0.39, 0.29) is 11.4 Å². The summed E-state index contributed by atoms with van der Waals surface area (Å²) in [7, 11) is 0. The molecule has 0 atom stereocenters. The van der Waals surface area contributed by atoms with Gasteiger partial charge in [0.15, 0.2) is 0 Å². The normalized spacial score (nSPS) is 10.2. The average molecular weight is 288 g/mol. The Bertz CT molecular complexity index is 545. The second-order valence-corrected chi connectivity index (χ2v) is 4.59. The van der Waals surface area contributed by atoms with Crippen LogP contribution in [0.2, 0.25) is 0 Å². The molecule has 1 heterocycles. The Morgan fingerprint density at radius 3 is 2.16 bits per heavy atom. The van der Waals surface area contributed by atoms with E-state index in [4.69, 9.17) is 10.2 Å². The van der Waals surface area contributed by atoms with Gasteiger partial charge in [-0.25, -0.2) is 0 Å². The van der Waals surface area contributed by atoms with Crippen molar-refractivity contribution in [3.63, 3.8) is 0 Å². The van der Waals surface area contributed by atoms with Gasteiger partial charge in [-0.3, -0.25) is 23.7 Å². The Kier molecular flexibility index (Phi) is 4.81. The summed E-state index contributed by atoms with van der Waals surface area (Å²) in [6.07, 6.45) is 0. The first-order valence-corrected chi connectivity index (χ1v) is 6.05. The molecule has 1 aromatic heterocycles. The van der Waals surface area contributed by atoms with Crippen LogP contribution < -0.4 is 4.87 Å². The average Bonchev–Trinajstić information content (AvgIpc) is 2.58. The van der Waals surface area contributed by atoms with Crippen molar-refractivity contribution in [1.82, 2.24) is 9.47 Å². The number of carbonyl (C=O) groups excluding carboxylic acids is 1. The number of thiazole rings is 1. The summed E-state index contributed by atoms with van der Waals surface area (Å²) in [6, 6.07) is 0. The number of aryl methyl sites for hydroxylation is 1. The molecule has 0 aliphatic carbocycles. The van der Waals surface area contributed by atoms with Crippen molar-refractivity contribution in [2.45, 2.75) is 13.5 Å². The van der Waals surface area contributed by atoms with Crippen LogP contribution >= 0.6 is 11.3 Å². The Balaban J connectivity index is 2.85. The van der Waals surface area contributed by atoms with Crippen LogP contribution in [0, 0.1) is 6.92 Å². The molecular formula is C10H12N2O6S. The summed E-state index contributed by atoms with van der Waals surface area (Å²) in [5.41, 5.74) is 0.564. The van der Waals surface area contributed by atoms with E-state index in [1.165, 1.54) is 4.57 Å². The first-order valence-electron chi connectivity index (χ1n) is 5.17. The third kappa shape index (κ3) is 4.21. The number of aromatic nitrogens is 1. The molecule has 8 nitrogen and oxygen atoms in total. The van der Waals surface area contributed by atoms with Crippen LogP contribution in [-0.4, -0.2) is 50.6 Å². The van der Waals surface area contributed by atoms with Gasteiger partial charge in [-0.1, -0.05) is 11.3 Å². The fourth-order valence-corrected chi connectivity index (χ4v) is 2.12. The number of carbonyl (C=O) groups is 3. The molecule has 9 heteroatoms. The molecular weight excluding hydrogens is 276 g/mol. The van der Waals surface area contributed by atoms with Crippen LogP contribution in [0.1, 0.15) is 5.69 Å². The summed E-state index contributed by atoms with van der Waals surface area (Å²) in [5.74, 6) is -3.36. The fourth-order valence-electron chi connectivity index (χ4n) is 1.39. The highest BCUT2D eigenvalue weighted by molar-refractivity contribution is 7.07. The molecule has 0 unspecified atom stereocenters. The molecule has 1 amide bonds. The van der Waals surface area contributed by atoms with Crippen molar-refractivity contribution in [2.75, 3.05) is 13.1 Å². The summed E-state index contributed by atoms with van der Waals surface area (Å²) >= 11 is 0.917. The molecule has 0 saturated heterocycles. The Hall–Kier alpha value is -2.16. The zero-order chi connectivity index (χ0) is 14.6. The van der Waals surface area contributed by atoms with Crippen molar-refractivity contribution in [1.29, 1.82) is 0 Å². The molecule has 0 aromatic carbocycles. The minimum atomic E-state index is -1.32. The largest absolute Gasteiger partial charge is 0.480 e. The van der Waals surface area contributed by atoms with Gasteiger partial charge in [0.2, 0.25) is 5.91 Å². The number of aliphatic carboxylic acids is 2. The van der Waals surface area contributed by atoms with E-state index in [1.54, 1.807) is 12.3 Å². The summed E-state index contributed by atoms with van der Waals surface area (Å²) in [4.78, 5) is 44.7. The van der Waals surface area contributed by atoms with Gasteiger partial charge in [0.1, 0.15) is 19.6 Å². The lowest BCUT2D eigenvalue weighted by molar-refractivity contribution is -0.149. The van der Waals surface area contributed by atoms with Crippen LogP contribution in [0.3, 0.4) is 0 Å². The fraction of sp³-hybridized carbons (Fsp3) is 0.400. The topological polar surface area (TPSA) is 117 Å². The van der Waals surface area contributed by atoms with Gasteiger partial charge in [-0.05, 0) is 6.92 Å². The predicted molar refractivity (Wildman–Crippen MR) is 65.2 cm³/mol. The third-order valence-corrected chi connectivity index (χ3v) is 3.16. The van der Waals surface area contributed by atoms with Gasteiger partial charge < -0.3 is 15.1 Å². The minimum absolute atomic E-state index is 0.351. The van der Waals surface area contributed by atoms with Crippen LogP contribution in [0.4, 0.5) is 0 Å². The minimum Gasteiger partial charge on any atom is -0.480 e. The van der Waals surface area contributed by atoms with Crippen molar-refractivity contribution in [2.24, 2.45) is 0 Å². The molecule has 19 heavy (non-hydrogen) atoms. The lowest BCUT2D eigenvalue weighted by Crippen LogP contribution is -2.42. The summed E-state index contributed by atoms with van der Waals surface area (Å²) in [6.45, 7) is -0.176. The van der Waals surface area contributed by atoms with Gasteiger partial charge in [0.05, 0.1) is 0 Å². The van der Waals surface area contributed by atoms with E-state index >= 15 is 0 Å². The number of carboxylic acid groups (broad SMARTS) is 2. The van der Waals surface area contributed by atoms with E-state index in [1.807, 2.05) is 0 Å². The predicted octanol–water partition coefficient (Wildman–Crippen LogP) is -0.784. The molecule has 104 valence electrons. The van der Waals surface area contributed by atoms with Gasteiger partial charge in [-0.2, -0.15) is 0 Å². The number of amides is 1. The Morgan fingerprint density at radius 1 is 1.26 bits per heavy atom. The quantitative estimate of drug-likeness (QED) is 0.709. The van der Waals surface area contributed by atoms with Crippen LogP contribution in [0.5, 0.6) is 0 Å². The second kappa shape index (κ2) is 6.14. The van der Waals surface area contributed by atoms with E-state index in [0.717, 1.165) is 11.3 Å². The van der Waals surface area contributed by atoms with Crippen molar-refractivity contribution >= 4 is 29.2 Å². The molecule has 0 spiro atoms. The molecule has 1 rings (SSSR count). The third-order valence-electron chi connectivity index (χ3n) is 2.27. The highest BCUT2D eigenvalue weighted by Crippen LogP contribution is 2.01. The van der Waals surface area contributed by atoms with Crippen molar-refractivity contribution in [3.8, 4) is 0 Å². The monoisotopic (exact) mass is 288 g/mol. The molecule has 0 aliphatic heterocycles. The lowest BCUT2D eigenvalue weighted by atomic mass is 10.4. The van der Waals surface area contributed by atoms with Crippen LogP contribution in [0.25, 0.3) is 0 Å². The maximum atomic E-state index is 11.8. The number of hydrogen-bond donors (Lipinski definition) is 2. The molecule has 0 radical (unpaired) electrons. The number of carboxylic acids is 2. The molecule has 2 N–H and O–H groups in total. The molecule has 0 saturated carbocycles. The first kappa shape index (κ1) is 14.9. The smallest absolute Gasteiger partial charge is 0.323 e. The zero-order valence-electron chi connectivity index (χ0n) is 10.0. The lowest BCUT2D eigenvalue weighted by Gasteiger charge is -2.18. The van der Waals surface area contributed by atoms with Crippen LogP contribution in [-0.2, 0) is 20.9 Å². The first-order chi connectivity index (χ1) is 8.81. The summed E-state index contributed by atoms with van der Waals surface area (Å²) < 4.78 is 1.17. The maximum Gasteiger partial charge on any atom is 0.323 e. The SMILES string of the molecule is Cc1csc(=O)n1CC(=O)N(CC(=O)O)CC(=O)O. The maximum absolute atomic E-state index is 11.8. The van der Waals surface area contributed by atoms with Gasteiger partial charge in [0.25, 0.3) is 0 Å². The van der Waals surface area contributed by atoms with E-state index in [2.05, 4.69) is 0 Å². The van der Waals surface area contributed by atoms with E-state index in [9.17, 15) is 19.2 Å². The highest BCUT2D eigenvalue weighted by Gasteiger charge is 2.20. The van der Waals surface area contributed by atoms with Crippen molar-refractivity contribution in [3.05, 3.63) is 20.7 Å². The molecule has 0 bridgehead atoms. The van der Waals surface area contributed by atoms with E-state index in [0.29, 0.717) is 10.6 Å². The van der Waals surface area contributed by atoms with Gasteiger partial charge in [0, 0.05) is 11.1 Å². The van der Waals surface area contributed by atoms with Crippen LogP contribution in [0.15, 0.2) is 10.2 Å². The standard InChI is InChI=1S/C10H12N2O6S/c1-6-5-19-10(18)12(6)2-7(13)11(3-8(14)15)4-9(16)17/h5H,2-4H2,1H3,(H,14,15)(H,16,17). The van der Waals surface area contributed by atoms with Gasteiger partial charge in [-0.15, -0.1) is 0 Å². The number of rotatable bonds is 6. The van der Waals surface area contributed by atoms with E-state index < -0.39 is 30.9 Å². The zero-order valence-corrected chi connectivity index (χ0v) is 10.8. The van der Waals surface area contributed by atoms with Crippen molar-refractivity contribution < 1.29 is 24.6 Å². The molecule has 0 fully saturated rings. The number of hydrogen-bond acceptors (Lipinski definition) is 5. The Labute approximate surface area is 111 Å². The summed E-state index contributed by atoms with van der Waals surface area (Å²) in [5, 5.41) is 18.8. The Morgan fingerprint density at radius 2 is 1.79 bits per heavy atom. The second-order valence-electron chi connectivity index (χ2n) is 3.77.